The lowest BCUT2D eigenvalue weighted by atomic mass is 10.2. The maximum absolute atomic E-state index is 12.1. The minimum absolute atomic E-state index is 0.0225. The molecule has 0 bridgehead atoms. The highest BCUT2D eigenvalue weighted by Gasteiger charge is 2.15. The molecule has 0 aliphatic heterocycles. The van der Waals surface area contributed by atoms with Crippen molar-refractivity contribution in [3.05, 3.63) is 29.2 Å². The minimum atomic E-state index is -2.58. The van der Waals surface area contributed by atoms with Crippen LogP contribution in [0.25, 0.3) is 0 Å². The normalized spacial score (nSPS) is 10.8. The quantitative estimate of drug-likeness (QED) is 0.836. The highest BCUT2D eigenvalue weighted by molar-refractivity contribution is 6.30. The van der Waals surface area contributed by atoms with Gasteiger partial charge in [-0.3, -0.25) is 4.79 Å². The van der Waals surface area contributed by atoms with Gasteiger partial charge < -0.3 is 10.4 Å². The van der Waals surface area contributed by atoms with Gasteiger partial charge in [0.1, 0.15) is 17.4 Å². The Morgan fingerprint density at radius 3 is 3.00 bits per heavy atom. The van der Waals surface area contributed by atoms with Crippen LogP contribution in [0, 0.1) is 0 Å². The molecule has 2 N–H and O–H groups in total. The number of pyridine rings is 1. The largest absolute Gasteiger partial charge is 0.505 e. The molecule has 0 saturated heterocycles. The molecule has 0 spiro atoms. The average Bonchev–Trinajstić information content (AvgIpc) is 2.78. The van der Waals surface area contributed by atoms with Crippen molar-refractivity contribution >= 4 is 23.3 Å². The van der Waals surface area contributed by atoms with Gasteiger partial charge in [0.25, 0.3) is 12.3 Å². The minimum Gasteiger partial charge on any atom is -0.505 e. The summed E-state index contributed by atoms with van der Waals surface area (Å²) < 4.78 is 25.1. The van der Waals surface area contributed by atoms with Crippen LogP contribution in [0.15, 0.2) is 18.5 Å². The summed E-state index contributed by atoms with van der Waals surface area (Å²) in [6.45, 7) is -0.630. The summed E-state index contributed by atoms with van der Waals surface area (Å²) in [5.74, 6) is -1.11. The van der Waals surface area contributed by atoms with Crippen LogP contribution in [-0.2, 0) is 6.54 Å². The van der Waals surface area contributed by atoms with Crippen LogP contribution in [0.2, 0.25) is 5.15 Å². The van der Waals surface area contributed by atoms with Gasteiger partial charge in [0.05, 0.1) is 18.0 Å². The van der Waals surface area contributed by atoms with Gasteiger partial charge in [-0.05, 0) is 6.07 Å². The second-order valence-electron chi connectivity index (χ2n) is 3.70. The number of aromatic hydroxyl groups is 1. The van der Waals surface area contributed by atoms with Crippen LogP contribution < -0.4 is 5.32 Å². The average molecular weight is 304 g/mol. The lowest BCUT2D eigenvalue weighted by molar-refractivity contribution is 0.102. The Bertz CT molecular complexity index is 634. The summed E-state index contributed by atoms with van der Waals surface area (Å²) in [6, 6.07) is 1.16. The summed E-state index contributed by atoms with van der Waals surface area (Å²) >= 11 is 5.61. The summed E-state index contributed by atoms with van der Waals surface area (Å²) in [4.78, 5) is 15.4. The Kier molecular flexibility index (Phi) is 4.08. The van der Waals surface area contributed by atoms with Gasteiger partial charge in [-0.1, -0.05) is 16.8 Å². The molecule has 20 heavy (non-hydrogen) atoms. The molecule has 0 radical (unpaired) electrons. The topological polar surface area (TPSA) is 92.9 Å². The number of carbonyl (C=O) groups is 1. The third kappa shape index (κ3) is 3.38. The molecular formula is C10H8ClF2N5O2. The molecule has 0 aliphatic rings. The van der Waals surface area contributed by atoms with E-state index in [1.165, 1.54) is 0 Å². The zero-order valence-corrected chi connectivity index (χ0v) is 10.6. The van der Waals surface area contributed by atoms with E-state index < -0.39 is 18.9 Å². The second-order valence-corrected chi connectivity index (χ2v) is 4.08. The van der Waals surface area contributed by atoms with Crippen LogP contribution in [0.4, 0.5) is 14.6 Å². The van der Waals surface area contributed by atoms with Crippen molar-refractivity contribution in [3.63, 3.8) is 0 Å². The predicted molar refractivity (Wildman–Crippen MR) is 64.9 cm³/mol. The summed E-state index contributed by atoms with van der Waals surface area (Å²) in [7, 11) is 0. The number of alkyl halides is 2. The third-order valence-corrected chi connectivity index (χ3v) is 2.41. The number of carbonyl (C=O) groups excluding carboxylic acids is 1. The number of hydrogen-bond donors (Lipinski definition) is 2. The number of hydrogen-bond acceptors (Lipinski definition) is 5. The first kappa shape index (κ1) is 14.1. The molecule has 2 aromatic heterocycles. The van der Waals surface area contributed by atoms with Gasteiger partial charge in [-0.15, -0.1) is 5.10 Å². The van der Waals surface area contributed by atoms with Gasteiger partial charge >= 0.3 is 0 Å². The molecule has 0 unspecified atom stereocenters. The maximum atomic E-state index is 12.1. The molecule has 0 aliphatic carbocycles. The van der Waals surface area contributed by atoms with Gasteiger partial charge in [-0.25, -0.2) is 18.4 Å². The molecule has 106 valence electrons. The molecule has 0 saturated carbocycles. The van der Waals surface area contributed by atoms with E-state index >= 15 is 0 Å². The number of rotatable bonds is 4. The van der Waals surface area contributed by atoms with E-state index in [2.05, 4.69) is 20.6 Å². The Morgan fingerprint density at radius 2 is 2.30 bits per heavy atom. The number of amides is 1. The number of nitrogens with zero attached hydrogens (tertiary/aromatic N) is 4. The molecule has 0 atom stereocenters. The van der Waals surface area contributed by atoms with Crippen molar-refractivity contribution in [2.75, 3.05) is 5.32 Å². The van der Waals surface area contributed by atoms with Crippen molar-refractivity contribution in [1.29, 1.82) is 0 Å². The van der Waals surface area contributed by atoms with E-state index in [1.807, 2.05) is 0 Å². The molecule has 0 fully saturated rings. The fourth-order valence-corrected chi connectivity index (χ4v) is 1.53. The lowest BCUT2D eigenvalue weighted by Crippen LogP contribution is -2.12. The summed E-state index contributed by atoms with van der Waals surface area (Å²) in [5, 5.41) is 18.7. The van der Waals surface area contributed by atoms with Gasteiger partial charge in [0.15, 0.2) is 5.82 Å². The summed E-state index contributed by atoms with van der Waals surface area (Å²) in [5.41, 5.74) is -0.117. The summed E-state index contributed by atoms with van der Waals surface area (Å²) in [6.07, 6.45) is -0.419. The number of aromatic nitrogens is 4. The molecule has 7 nitrogen and oxygen atoms in total. The molecular weight excluding hydrogens is 296 g/mol. The van der Waals surface area contributed by atoms with Crippen molar-refractivity contribution < 1.29 is 18.7 Å². The molecule has 10 heteroatoms. The van der Waals surface area contributed by atoms with Crippen LogP contribution in [0.5, 0.6) is 5.75 Å². The van der Waals surface area contributed by atoms with Crippen LogP contribution in [-0.4, -0.2) is 37.4 Å². The first-order valence-electron chi connectivity index (χ1n) is 5.30. The molecule has 0 aromatic carbocycles. The zero-order chi connectivity index (χ0) is 14.7. The molecule has 2 aromatic rings. The van der Waals surface area contributed by atoms with E-state index in [4.69, 9.17) is 11.6 Å². The Labute approximate surface area is 116 Å². The van der Waals surface area contributed by atoms with E-state index in [0.717, 1.165) is 23.1 Å². The highest BCUT2D eigenvalue weighted by atomic mass is 35.5. The lowest BCUT2D eigenvalue weighted by Gasteiger charge is -2.03. The van der Waals surface area contributed by atoms with Crippen LogP contribution in [0.1, 0.15) is 10.4 Å². The van der Waals surface area contributed by atoms with Crippen molar-refractivity contribution in [2.45, 2.75) is 13.0 Å². The standard InChI is InChI=1S/C10H8ClF2N5O2/c11-7-1-5(6(19)2-14-7)10(20)15-9-4-18(17-16-9)3-8(12)13/h1-2,4,8,19H,3H2,(H,15,20). The van der Waals surface area contributed by atoms with Gasteiger partial charge in [0.2, 0.25) is 0 Å². The Balaban J connectivity index is 2.11. The SMILES string of the molecule is O=C(Nc1cn(CC(F)F)nn1)c1cc(Cl)ncc1O. The Morgan fingerprint density at radius 1 is 1.55 bits per heavy atom. The van der Waals surface area contributed by atoms with Gasteiger partial charge in [0, 0.05) is 0 Å². The van der Waals surface area contributed by atoms with E-state index in [1.54, 1.807) is 0 Å². The molecule has 1 amide bonds. The zero-order valence-electron chi connectivity index (χ0n) is 9.79. The van der Waals surface area contributed by atoms with Crippen molar-refractivity contribution in [2.24, 2.45) is 0 Å². The van der Waals surface area contributed by atoms with Crippen LogP contribution >= 0.6 is 11.6 Å². The number of nitrogens with one attached hydrogen (secondary N) is 1. The number of anilines is 1. The highest BCUT2D eigenvalue weighted by Crippen LogP contribution is 2.19. The van der Waals surface area contributed by atoms with E-state index in [9.17, 15) is 18.7 Å². The monoisotopic (exact) mass is 303 g/mol. The predicted octanol–water partition coefficient (Wildman–Crippen LogP) is 1.55. The first-order chi connectivity index (χ1) is 9.45. The van der Waals surface area contributed by atoms with E-state index in [-0.39, 0.29) is 22.3 Å². The maximum Gasteiger partial charge on any atom is 0.260 e. The Hall–Kier alpha value is -2.29. The third-order valence-electron chi connectivity index (χ3n) is 2.20. The number of halogens is 3. The molecule has 2 rings (SSSR count). The molecule has 2 heterocycles. The van der Waals surface area contributed by atoms with Crippen LogP contribution in [0.3, 0.4) is 0 Å². The fraction of sp³-hybridized carbons (Fsp3) is 0.200. The smallest absolute Gasteiger partial charge is 0.260 e. The second kappa shape index (κ2) is 5.78. The van der Waals surface area contributed by atoms with Crippen molar-refractivity contribution in [1.82, 2.24) is 20.0 Å². The van der Waals surface area contributed by atoms with E-state index in [0.29, 0.717) is 0 Å². The van der Waals surface area contributed by atoms with Crippen molar-refractivity contribution in [3.8, 4) is 5.75 Å². The fourth-order valence-electron chi connectivity index (χ4n) is 1.37. The van der Waals surface area contributed by atoms with Gasteiger partial charge in [-0.2, -0.15) is 0 Å². The first-order valence-corrected chi connectivity index (χ1v) is 5.67.